The molecule has 10 nitrogen and oxygen atoms in total. The molecule has 0 amide bonds. The zero-order chi connectivity index (χ0) is 20.6. The van der Waals surface area contributed by atoms with Crippen molar-refractivity contribution in [2.45, 2.75) is 18.9 Å². The van der Waals surface area contributed by atoms with E-state index >= 15 is 0 Å². The van der Waals surface area contributed by atoms with Crippen LogP contribution in [0.25, 0.3) is 21.9 Å². The van der Waals surface area contributed by atoms with E-state index in [0.29, 0.717) is 6.29 Å². The number of aromatic hydroxyl groups is 3. The van der Waals surface area contributed by atoms with Crippen molar-refractivity contribution in [3.05, 3.63) is 28.4 Å². The maximum atomic E-state index is 12.7. The summed E-state index contributed by atoms with van der Waals surface area (Å²) in [7, 11) is 0. The average molecular weight is 388 g/mol. The normalized spacial score (nSPS) is 12.1. The number of fused-ring (bicyclic) bond motifs is 2. The van der Waals surface area contributed by atoms with Gasteiger partial charge in [-0.15, -0.1) is 0 Å². The quantitative estimate of drug-likeness (QED) is 0.232. The second-order valence-electron chi connectivity index (χ2n) is 6.06. The first-order chi connectivity index (χ1) is 13.2. The van der Waals surface area contributed by atoms with Gasteiger partial charge in [-0.25, -0.2) is 0 Å². The second-order valence-corrected chi connectivity index (χ2v) is 6.06. The zero-order valence-corrected chi connectivity index (χ0v) is 14.1. The van der Waals surface area contributed by atoms with Crippen molar-refractivity contribution in [3.8, 4) is 23.0 Å². The lowest BCUT2D eigenvalue weighted by Gasteiger charge is -2.22. The molecule has 0 radical (unpaired) electrons. The Morgan fingerprint density at radius 2 is 1.79 bits per heavy atom. The molecule has 2 aromatic carbocycles. The van der Waals surface area contributed by atoms with E-state index in [1.54, 1.807) is 0 Å². The standard InChI is InChI=1S/C18H15NO9/c20-6-7(1-2-14(24)25)19-16-11(23)5-13-15(18(16)27)17(26)8-3-9(21)10(22)4-12(8)28-13/h3-7,19,21-23,27H,1-2H2,(H,24,25)/p-1/t7-/m1/s1. The topological polar surface area (TPSA) is 180 Å². The van der Waals surface area contributed by atoms with E-state index < -0.39 is 51.5 Å². The summed E-state index contributed by atoms with van der Waals surface area (Å²) < 4.78 is 5.38. The largest absolute Gasteiger partial charge is 0.870 e. The Balaban J connectivity index is 2.18. The average Bonchev–Trinajstić information content (AvgIpc) is 2.62. The monoisotopic (exact) mass is 388 g/mol. The lowest BCUT2D eigenvalue weighted by Crippen LogP contribution is -2.23. The number of anilines is 1. The summed E-state index contributed by atoms with van der Waals surface area (Å²) in [4.78, 5) is 34.5. The highest BCUT2D eigenvalue weighted by molar-refractivity contribution is 5.98. The molecule has 0 unspecified atom stereocenters. The minimum absolute atomic E-state index is 0.112. The van der Waals surface area contributed by atoms with Gasteiger partial charge in [0.15, 0.2) is 16.9 Å². The van der Waals surface area contributed by atoms with Gasteiger partial charge in [-0.05, 0) is 12.5 Å². The zero-order valence-electron chi connectivity index (χ0n) is 14.1. The number of hydrogen-bond donors (Lipinski definition) is 5. The van der Waals surface area contributed by atoms with Gasteiger partial charge in [0.05, 0.1) is 22.5 Å². The molecule has 28 heavy (non-hydrogen) atoms. The molecule has 1 aromatic heterocycles. The van der Waals surface area contributed by atoms with Gasteiger partial charge in [-0.3, -0.25) is 9.59 Å². The summed E-state index contributed by atoms with van der Waals surface area (Å²) in [5.74, 6) is -3.83. The highest BCUT2D eigenvalue weighted by Gasteiger charge is 2.18. The molecule has 5 N–H and O–H groups in total. The molecule has 0 spiro atoms. The molecular formula is C18H14NO9-. The third-order valence-electron chi connectivity index (χ3n) is 4.16. The number of carboxylic acids is 1. The van der Waals surface area contributed by atoms with Gasteiger partial charge in [-0.2, -0.15) is 0 Å². The van der Waals surface area contributed by atoms with Crippen LogP contribution in [0.5, 0.6) is 23.0 Å². The van der Waals surface area contributed by atoms with Gasteiger partial charge in [-0.1, -0.05) is 5.75 Å². The molecule has 0 aliphatic carbocycles. The van der Waals surface area contributed by atoms with Crippen molar-refractivity contribution in [3.63, 3.8) is 0 Å². The minimum Gasteiger partial charge on any atom is -0.870 e. The predicted octanol–water partition coefficient (Wildman–Crippen LogP) is 0.981. The van der Waals surface area contributed by atoms with Crippen molar-refractivity contribution in [1.29, 1.82) is 0 Å². The summed E-state index contributed by atoms with van der Waals surface area (Å²) >= 11 is 0. The Kier molecular flexibility index (Phi) is 4.70. The van der Waals surface area contributed by atoms with E-state index in [2.05, 4.69) is 5.32 Å². The van der Waals surface area contributed by atoms with Gasteiger partial charge in [0.25, 0.3) is 0 Å². The van der Waals surface area contributed by atoms with Crippen molar-refractivity contribution in [2.24, 2.45) is 0 Å². The number of aliphatic carboxylic acids is 1. The molecule has 0 fully saturated rings. The summed E-state index contributed by atoms with van der Waals surface area (Å²) in [5.41, 5.74) is -1.64. The molecule has 3 rings (SSSR count). The summed E-state index contributed by atoms with van der Waals surface area (Å²) in [6.07, 6.45) is -0.112. The van der Waals surface area contributed by atoms with Crippen LogP contribution < -0.4 is 15.9 Å². The second kappa shape index (κ2) is 6.99. The van der Waals surface area contributed by atoms with E-state index in [4.69, 9.17) is 9.52 Å². The SMILES string of the molecule is O=C[C@@H](CCC(=O)O)Nc1c(O)cc2oc3cc(O)c(O)cc3c(=O)c2c1[O-]. The molecule has 3 aromatic rings. The molecule has 1 atom stereocenters. The third-order valence-corrected chi connectivity index (χ3v) is 4.16. The number of carbonyl (C=O) groups excluding carboxylic acids is 1. The Hall–Kier alpha value is -3.95. The lowest BCUT2D eigenvalue weighted by atomic mass is 10.1. The minimum atomic E-state index is -1.14. The van der Waals surface area contributed by atoms with Crippen LogP contribution in [-0.4, -0.2) is 38.7 Å². The summed E-state index contributed by atoms with van der Waals surface area (Å²) in [6.45, 7) is 0. The van der Waals surface area contributed by atoms with Crippen LogP contribution in [0.1, 0.15) is 12.8 Å². The Morgan fingerprint density at radius 3 is 2.43 bits per heavy atom. The van der Waals surface area contributed by atoms with Gasteiger partial charge >= 0.3 is 5.97 Å². The van der Waals surface area contributed by atoms with Gasteiger partial charge in [0.1, 0.15) is 23.2 Å². The first-order valence-electron chi connectivity index (χ1n) is 8.02. The molecule has 146 valence electrons. The number of phenols is 3. The number of carboxylic acid groups (broad SMARTS) is 1. The number of aldehydes is 1. The first kappa shape index (κ1) is 18.8. The summed E-state index contributed by atoms with van der Waals surface area (Å²) in [6, 6.07) is 1.84. The van der Waals surface area contributed by atoms with Crippen molar-refractivity contribution in [1.82, 2.24) is 0 Å². The van der Waals surface area contributed by atoms with E-state index in [1.165, 1.54) is 0 Å². The van der Waals surface area contributed by atoms with Gasteiger partial charge in [0, 0.05) is 18.6 Å². The van der Waals surface area contributed by atoms with Crippen LogP contribution >= 0.6 is 0 Å². The van der Waals surface area contributed by atoms with E-state index in [9.17, 15) is 34.8 Å². The molecule has 1 heterocycles. The first-order valence-corrected chi connectivity index (χ1v) is 8.02. The van der Waals surface area contributed by atoms with Crippen LogP contribution in [0.3, 0.4) is 0 Å². The van der Waals surface area contributed by atoms with Gasteiger partial charge in [0.2, 0.25) is 0 Å². The fraction of sp³-hybridized carbons (Fsp3) is 0.167. The number of phenolic OH excluding ortho intramolecular Hbond substituents is 3. The van der Waals surface area contributed by atoms with Crippen molar-refractivity contribution in [2.75, 3.05) is 5.32 Å². The van der Waals surface area contributed by atoms with E-state index in [1.807, 2.05) is 0 Å². The maximum absolute atomic E-state index is 12.7. The molecule has 0 aliphatic heterocycles. The van der Waals surface area contributed by atoms with E-state index in [0.717, 1.165) is 18.2 Å². The molecule has 10 heteroatoms. The molecule has 0 saturated heterocycles. The fourth-order valence-electron chi connectivity index (χ4n) is 2.77. The Labute approximate surface area is 155 Å². The van der Waals surface area contributed by atoms with Crippen LogP contribution in [0.2, 0.25) is 0 Å². The Morgan fingerprint density at radius 1 is 1.14 bits per heavy atom. The molecular weight excluding hydrogens is 374 g/mol. The van der Waals surface area contributed by atoms with Crippen molar-refractivity contribution < 1.29 is 39.5 Å². The Bertz CT molecular complexity index is 1170. The molecule has 0 saturated carbocycles. The smallest absolute Gasteiger partial charge is 0.303 e. The third kappa shape index (κ3) is 3.22. The maximum Gasteiger partial charge on any atom is 0.303 e. The number of nitrogens with one attached hydrogen (secondary N) is 1. The lowest BCUT2D eigenvalue weighted by molar-refractivity contribution is -0.264. The highest BCUT2D eigenvalue weighted by atomic mass is 16.4. The fourth-order valence-corrected chi connectivity index (χ4v) is 2.77. The summed E-state index contributed by atoms with van der Waals surface area (Å²) in [5, 5.41) is 52.5. The molecule has 0 aliphatic rings. The van der Waals surface area contributed by atoms with Crippen LogP contribution in [0.15, 0.2) is 27.4 Å². The van der Waals surface area contributed by atoms with Crippen LogP contribution in [0, 0.1) is 0 Å². The molecule has 0 bridgehead atoms. The van der Waals surface area contributed by atoms with Gasteiger partial charge < -0.3 is 40.1 Å². The number of carbonyl (C=O) groups is 2. The predicted molar refractivity (Wildman–Crippen MR) is 94.8 cm³/mol. The number of rotatable bonds is 6. The highest BCUT2D eigenvalue weighted by Crippen LogP contribution is 2.39. The number of benzene rings is 2. The van der Waals surface area contributed by atoms with E-state index in [-0.39, 0.29) is 29.4 Å². The van der Waals surface area contributed by atoms with Crippen LogP contribution in [0.4, 0.5) is 5.69 Å². The number of hydrogen-bond acceptors (Lipinski definition) is 9. The van der Waals surface area contributed by atoms with Crippen LogP contribution in [-0.2, 0) is 9.59 Å². The van der Waals surface area contributed by atoms with Crippen molar-refractivity contribution >= 4 is 39.9 Å².